The van der Waals surface area contributed by atoms with Crippen LogP contribution >= 0.6 is 11.6 Å². The molecule has 4 rings (SSSR count). The first-order chi connectivity index (χ1) is 20.4. The molecule has 2 aromatic carbocycles. The van der Waals surface area contributed by atoms with Gasteiger partial charge in [0.15, 0.2) is 0 Å². The van der Waals surface area contributed by atoms with Gasteiger partial charge < -0.3 is 18.8 Å². The van der Waals surface area contributed by atoms with Gasteiger partial charge in [-0.05, 0) is 104 Å². The summed E-state index contributed by atoms with van der Waals surface area (Å²) in [6.07, 6.45) is 16.3. The average molecular weight is 585 g/mol. The Kier molecular flexibility index (Phi) is 11.3. The fourth-order valence-corrected chi connectivity index (χ4v) is 5.93. The number of halogens is 1. The van der Waals surface area contributed by atoms with Gasteiger partial charge >= 0.3 is 0 Å². The van der Waals surface area contributed by atoms with E-state index in [1.165, 1.54) is 5.57 Å². The zero-order chi connectivity index (χ0) is 30.1. The second kappa shape index (κ2) is 15.1. The van der Waals surface area contributed by atoms with Gasteiger partial charge in [0.2, 0.25) is 5.62 Å². The number of aromatic nitrogens is 2. The van der Waals surface area contributed by atoms with Gasteiger partial charge in [0.1, 0.15) is 5.75 Å². The summed E-state index contributed by atoms with van der Waals surface area (Å²) in [5.41, 5.74) is 8.26. The summed E-state index contributed by atoms with van der Waals surface area (Å²) in [4.78, 5) is 2.44. The SMILES string of the molecule is C=C/C=C(\C=C)c1cc2c(cc1C1=CCCC=C1)n(CCCOc1ccc(C)cc1Cl)c(=N)n2CCCN(CC)CC. The standard InChI is InChI=1S/C36H45ClN4O/c1-6-15-28(7-2)30-25-33-34(26-31(30)29-16-11-10-12-17-29)41(36(38)40(33)21-13-20-39(8-3)9-4)22-14-23-42-35-19-18-27(5)24-32(35)37/h6-7,11,15-19,24-26,38H,1-2,8-10,12-14,20-23H2,3-5H3/b28-15+,38-36?. The quantitative estimate of drug-likeness (QED) is 0.144. The zero-order valence-electron chi connectivity index (χ0n) is 25.5. The summed E-state index contributed by atoms with van der Waals surface area (Å²) in [5.74, 6) is 0.700. The van der Waals surface area contributed by atoms with Gasteiger partial charge in [-0.2, -0.15) is 0 Å². The van der Waals surface area contributed by atoms with Crippen molar-refractivity contribution in [3.8, 4) is 5.75 Å². The molecule has 5 nitrogen and oxygen atoms in total. The lowest BCUT2D eigenvalue weighted by molar-refractivity contribution is 0.291. The van der Waals surface area contributed by atoms with Crippen LogP contribution in [0.1, 0.15) is 56.2 Å². The third-order valence-corrected chi connectivity index (χ3v) is 8.26. The zero-order valence-corrected chi connectivity index (χ0v) is 26.2. The van der Waals surface area contributed by atoms with Crippen LogP contribution in [-0.4, -0.2) is 40.3 Å². The van der Waals surface area contributed by atoms with E-state index in [1.807, 2.05) is 43.4 Å². The van der Waals surface area contributed by atoms with Crippen molar-refractivity contribution in [3.05, 3.63) is 107 Å². The predicted molar refractivity (Wildman–Crippen MR) is 179 cm³/mol. The number of nitrogens with one attached hydrogen (secondary N) is 1. The highest BCUT2D eigenvalue weighted by atomic mass is 35.5. The maximum absolute atomic E-state index is 9.30. The van der Waals surface area contributed by atoms with Crippen molar-refractivity contribution in [2.45, 2.75) is 59.5 Å². The molecule has 1 aliphatic carbocycles. The molecular formula is C36H45ClN4O. The van der Waals surface area contributed by atoms with E-state index in [1.54, 1.807) is 0 Å². The van der Waals surface area contributed by atoms with Crippen molar-refractivity contribution in [2.24, 2.45) is 0 Å². The highest BCUT2D eigenvalue weighted by Gasteiger charge is 2.18. The van der Waals surface area contributed by atoms with Crippen LogP contribution in [0.2, 0.25) is 5.02 Å². The Bertz CT molecular complexity index is 1570. The maximum Gasteiger partial charge on any atom is 0.202 e. The molecule has 0 fully saturated rings. The summed E-state index contributed by atoms with van der Waals surface area (Å²) in [6.45, 7) is 19.5. The number of fused-ring (bicyclic) bond motifs is 1. The average Bonchev–Trinajstić information content (AvgIpc) is 3.26. The summed E-state index contributed by atoms with van der Waals surface area (Å²) >= 11 is 6.39. The Balaban J connectivity index is 1.75. The molecule has 1 aliphatic rings. The first kappa shape index (κ1) is 31.4. The molecule has 0 atom stereocenters. The minimum Gasteiger partial charge on any atom is -0.492 e. The van der Waals surface area contributed by atoms with E-state index >= 15 is 0 Å². The molecular weight excluding hydrogens is 540 g/mol. The molecule has 3 aromatic rings. The summed E-state index contributed by atoms with van der Waals surface area (Å²) in [5, 5.41) is 9.93. The van der Waals surface area contributed by atoms with Crippen molar-refractivity contribution in [1.82, 2.24) is 14.0 Å². The highest BCUT2D eigenvalue weighted by molar-refractivity contribution is 6.32. The van der Waals surface area contributed by atoms with Crippen molar-refractivity contribution >= 4 is 33.8 Å². The summed E-state index contributed by atoms with van der Waals surface area (Å²) < 4.78 is 10.3. The Morgan fingerprint density at radius 2 is 1.79 bits per heavy atom. The van der Waals surface area contributed by atoms with Gasteiger partial charge in [-0.15, -0.1) is 0 Å². The van der Waals surface area contributed by atoms with Crippen LogP contribution in [0.5, 0.6) is 5.75 Å². The summed E-state index contributed by atoms with van der Waals surface area (Å²) in [6, 6.07) is 10.4. The van der Waals surface area contributed by atoms with E-state index in [2.05, 4.69) is 71.4 Å². The number of hydrogen-bond acceptors (Lipinski definition) is 3. The molecule has 0 bridgehead atoms. The predicted octanol–water partition coefficient (Wildman–Crippen LogP) is 8.57. The fraction of sp³-hybridized carbons (Fsp3) is 0.361. The van der Waals surface area contributed by atoms with Gasteiger partial charge in [-0.25, -0.2) is 0 Å². The van der Waals surface area contributed by atoms with Gasteiger partial charge in [0.05, 0.1) is 22.7 Å². The molecule has 0 aliphatic heterocycles. The van der Waals surface area contributed by atoms with Gasteiger partial charge in [0, 0.05) is 13.1 Å². The second-order valence-electron chi connectivity index (χ2n) is 10.7. The first-order valence-electron chi connectivity index (χ1n) is 15.2. The van der Waals surface area contributed by atoms with Crippen LogP contribution in [-0.2, 0) is 13.1 Å². The molecule has 6 heteroatoms. The number of hydrogen-bond donors (Lipinski definition) is 1. The van der Waals surface area contributed by atoms with Crippen LogP contribution in [0.15, 0.2) is 79.9 Å². The smallest absolute Gasteiger partial charge is 0.202 e. The molecule has 0 unspecified atom stereocenters. The Morgan fingerprint density at radius 1 is 1.05 bits per heavy atom. The largest absolute Gasteiger partial charge is 0.492 e. The van der Waals surface area contributed by atoms with Crippen LogP contribution in [0.3, 0.4) is 0 Å². The number of nitrogens with zero attached hydrogens (tertiary/aromatic N) is 3. The number of rotatable bonds is 15. The lowest BCUT2D eigenvalue weighted by Gasteiger charge is -2.18. The molecule has 0 saturated heterocycles. The highest BCUT2D eigenvalue weighted by Crippen LogP contribution is 2.33. The van der Waals surface area contributed by atoms with Crippen molar-refractivity contribution in [1.29, 1.82) is 5.41 Å². The van der Waals surface area contributed by atoms with E-state index in [9.17, 15) is 5.41 Å². The molecule has 0 spiro atoms. The lowest BCUT2D eigenvalue weighted by atomic mass is 9.90. The number of aryl methyl sites for hydroxylation is 3. The number of ether oxygens (including phenoxy) is 1. The molecule has 42 heavy (non-hydrogen) atoms. The Morgan fingerprint density at radius 3 is 2.43 bits per heavy atom. The molecule has 0 amide bonds. The number of benzene rings is 2. The van der Waals surface area contributed by atoms with Gasteiger partial charge in [0.25, 0.3) is 0 Å². The van der Waals surface area contributed by atoms with Crippen molar-refractivity contribution in [2.75, 3.05) is 26.2 Å². The third kappa shape index (κ3) is 7.26. The van der Waals surface area contributed by atoms with E-state index < -0.39 is 0 Å². The minimum atomic E-state index is 0.516. The minimum absolute atomic E-state index is 0.516. The first-order valence-corrected chi connectivity index (χ1v) is 15.5. The molecule has 1 N–H and O–H groups in total. The molecule has 0 radical (unpaired) electrons. The topological polar surface area (TPSA) is 46.2 Å². The summed E-state index contributed by atoms with van der Waals surface area (Å²) in [7, 11) is 0. The maximum atomic E-state index is 9.30. The monoisotopic (exact) mass is 584 g/mol. The fourth-order valence-electron chi connectivity index (χ4n) is 5.64. The van der Waals surface area contributed by atoms with E-state index in [0.29, 0.717) is 29.5 Å². The molecule has 1 heterocycles. The second-order valence-corrected chi connectivity index (χ2v) is 11.1. The normalized spacial score (nSPS) is 13.5. The molecule has 222 valence electrons. The van der Waals surface area contributed by atoms with Crippen LogP contribution < -0.4 is 10.4 Å². The molecule has 1 aromatic heterocycles. The number of imidazole rings is 1. The van der Waals surface area contributed by atoms with E-state index in [-0.39, 0.29) is 0 Å². The Labute approximate surface area is 256 Å². The van der Waals surface area contributed by atoms with Crippen LogP contribution in [0, 0.1) is 12.3 Å². The van der Waals surface area contributed by atoms with Crippen LogP contribution in [0.25, 0.3) is 22.2 Å². The van der Waals surface area contributed by atoms with E-state index in [0.717, 1.165) is 85.2 Å². The van der Waals surface area contributed by atoms with Gasteiger partial charge in [-0.3, -0.25) is 5.41 Å². The van der Waals surface area contributed by atoms with Crippen molar-refractivity contribution in [3.63, 3.8) is 0 Å². The van der Waals surface area contributed by atoms with Crippen LogP contribution in [0.4, 0.5) is 0 Å². The van der Waals surface area contributed by atoms with Gasteiger partial charge in [-0.1, -0.05) is 81.1 Å². The third-order valence-electron chi connectivity index (χ3n) is 7.96. The number of allylic oxidation sites excluding steroid dienone is 8. The van der Waals surface area contributed by atoms with Crippen molar-refractivity contribution < 1.29 is 4.74 Å². The molecule has 0 saturated carbocycles. The lowest BCUT2D eigenvalue weighted by Crippen LogP contribution is -2.28. The van der Waals surface area contributed by atoms with E-state index in [4.69, 9.17) is 16.3 Å². The Hall–Kier alpha value is -3.54.